The number of nitrogens with one attached hydrogen (secondary N) is 4. The Morgan fingerprint density at radius 3 is 2.26 bits per heavy atom. The minimum atomic E-state index is -3.76. The van der Waals surface area contributed by atoms with E-state index >= 15 is 0 Å². The van der Waals surface area contributed by atoms with Gasteiger partial charge in [-0.05, 0) is 65.7 Å². The normalized spacial score (nSPS) is 27.6. The highest BCUT2D eigenvalue weighted by Crippen LogP contribution is 2.65. The minimum absolute atomic E-state index is 0.0150. The molecule has 2 aliphatic carbocycles. The van der Waals surface area contributed by atoms with E-state index in [2.05, 4.69) is 35.1 Å². The highest BCUT2D eigenvalue weighted by Gasteiger charge is 2.69. The number of urea groups is 1. The number of nitrogens with zero attached hydrogens (tertiary/aromatic N) is 2. The van der Waals surface area contributed by atoms with Crippen molar-refractivity contribution in [3.05, 3.63) is 17.5 Å². The summed E-state index contributed by atoms with van der Waals surface area (Å²) in [6.45, 7) is 10.7. The number of carbonyl (C=O) groups excluding carboxylic acids is 5. The lowest BCUT2D eigenvalue weighted by Gasteiger charge is -2.36. The van der Waals surface area contributed by atoms with Crippen LogP contribution in [0, 0.1) is 28.6 Å². The van der Waals surface area contributed by atoms with Gasteiger partial charge in [-0.25, -0.2) is 13.2 Å². The fourth-order valence-electron chi connectivity index (χ4n) is 8.00. The largest absolute Gasteiger partial charge is 0.349 e. The van der Waals surface area contributed by atoms with Gasteiger partial charge in [0, 0.05) is 32.7 Å². The number of Topliss-reactive ketones (excluding diaryl/α,β-unsaturated/α-hetero) is 1. The lowest BCUT2D eigenvalue weighted by molar-refractivity contribution is -0.144. The molecule has 4 aliphatic rings. The molecule has 1 aromatic heterocycles. The molecule has 15 heteroatoms. The van der Waals surface area contributed by atoms with Crippen molar-refractivity contribution in [1.82, 2.24) is 30.5 Å². The standard InChI is InChI=1S/C38H60N6O7S2/c1-37(2,3)28(23-43(6)53(50,51)29-17-14-20-52-29)42-36(49)41-27-16-13-11-9-7-8-10-12-15-26(32(45)34(47)39-21-24-18-19-24)40-33(46)31-30-25(38(30,4)5)22-44(31)35(27)48/h14,17,20,24-28,30-31H,7-13,15-16,18-19,21-23H2,1-6H3,(H,39,47)(H,40,46)(H2,41,42,49)/t25-,26+,27+,28+,30-,31-/m0/s1. The van der Waals surface area contributed by atoms with Crippen molar-refractivity contribution in [3.8, 4) is 0 Å². The molecule has 0 unspecified atom stereocenters. The van der Waals surface area contributed by atoms with Crippen LogP contribution in [0.4, 0.5) is 4.79 Å². The average molecular weight is 777 g/mol. The smallest absolute Gasteiger partial charge is 0.315 e. The second kappa shape index (κ2) is 16.8. The summed E-state index contributed by atoms with van der Waals surface area (Å²) in [5.41, 5.74) is -0.717. The van der Waals surface area contributed by atoms with E-state index in [0.717, 1.165) is 56.3 Å². The Bertz CT molecular complexity index is 1600. The maximum atomic E-state index is 14.5. The number of carbonyl (C=O) groups is 5. The molecule has 1 aromatic rings. The summed E-state index contributed by atoms with van der Waals surface area (Å²) in [6, 6.07) is -0.706. The SMILES string of the molecule is CN(C[C@@H](NC(=O)N[C@@H]1CCCCCCCCC[C@H](C(=O)C(=O)NCC2CC2)NC(=O)[C@@H]2[C@@H]3[C@H](CN2C1=O)C3(C)C)C(C)(C)C)S(=O)(=O)c1cccs1. The van der Waals surface area contributed by atoms with E-state index in [1.165, 1.54) is 11.4 Å². The van der Waals surface area contributed by atoms with Gasteiger partial charge in [-0.2, -0.15) is 4.31 Å². The van der Waals surface area contributed by atoms with Gasteiger partial charge in [0.25, 0.3) is 15.9 Å². The second-order valence-corrected chi connectivity index (χ2v) is 20.5. The number of ketones is 1. The van der Waals surface area contributed by atoms with Crippen molar-refractivity contribution in [2.75, 3.05) is 26.7 Å². The van der Waals surface area contributed by atoms with E-state index in [-0.39, 0.29) is 33.9 Å². The third-order valence-electron chi connectivity index (χ3n) is 11.9. The van der Waals surface area contributed by atoms with Crippen LogP contribution in [-0.2, 0) is 29.2 Å². The molecular weight excluding hydrogens is 717 g/mol. The number of amides is 5. The first kappa shape index (κ1) is 41.1. The average Bonchev–Trinajstić information content (AvgIpc) is 3.79. The van der Waals surface area contributed by atoms with Crippen LogP contribution in [0.3, 0.4) is 0 Å². The number of thiophene rings is 1. The van der Waals surface area contributed by atoms with Gasteiger partial charge in [0.15, 0.2) is 0 Å². The number of sulfonamides is 1. The maximum absolute atomic E-state index is 14.5. The molecule has 0 aromatic carbocycles. The highest BCUT2D eigenvalue weighted by atomic mass is 32.2. The Balaban J connectivity index is 1.33. The Hall–Kier alpha value is -3.04. The van der Waals surface area contributed by atoms with Gasteiger partial charge >= 0.3 is 6.03 Å². The lowest BCUT2D eigenvalue weighted by Crippen LogP contribution is -2.60. The van der Waals surface area contributed by atoms with Crippen LogP contribution < -0.4 is 21.3 Å². The van der Waals surface area contributed by atoms with Gasteiger partial charge in [-0.15, -0.1) is 11.3 Å². The third kappa shape index (κ3) is 9.99. The molecule has 6 atom stereocenters. The Morgan fingerprint density at radius 1 is 1.02 bits per heavy atom. The maximum Gasteiger partial charge on any atom is 0.315 e. The van der Waals surface area contributed by atoms with E-state index in [4.69, 9.17) is 0 Å². The molecule has 2 saturated carbocycles. The zero-order chi connectivity index (χ0) is 38.7. The monoisotopic (exact) mass is 776 g/mol. The molecule has 5 rings (SSSR count). The molecule has 3 heterocycles. The number of hydrogen-bond donors (Lipinski definition) is 4. The van der Waals surface area contributed by atoms with Crippen LogP contribution in [0.2, 0.25) is 0 Å². The zero-order valence-corrected chi connectivity index (χ0v) is 33.9. The summed E-state index contributed by atoms with van der Waals surface area (Å²) in [4.78, 5) is 70.3. The van der Waals surface area contributed by atoms with Gasteiger partial charge in [-0.3, -0.25) is 19.2 Å². The summed E-state index contributed by atoms with van der Waals surface area (Å²) in [5, 5.41) is 13.2. The van der Waals surface area contributed by atoms with Crippen molar-refractivity contribution >= 4 is 50.9 Å². The minimum Gasteiger partial charge on any atom is -0.349 e. The predicted octanol–water partition coefficient (Wildman–Crippen LogP) is 4.04. The molecule has 0 radical (unpaired) electrons. The molecule has 0 bridgehead atoms. The number of fused-ring (bicyclic) bond motifs is 3. The molecule has 2 saturated heterocycles. The second-order valence-electron chi connectivity index (χ2n) is 17.3. The highest BCUT2D eigenvalue weighted by molar-refractivity contribution is 7.91. The van der Waals surface area contributed by atoms with Crippen molar-refractivity contribution in [3.63, 3.8) is 0 Å². The summed E-state index contributed by atoms with van der Waals surface area (Å²) in [6.07, 6.45) is 8.82. The molecule has 2 aliphatic heterocycles. The summed E-state index contributed by atoms with van der Waals surface area (Å²) >= 11 is 1.13. The number of piperidine rings is 1. The Kier molecular flexibility index (Phi) is 13.0. The Morgan fingerprint density at radius 2 is 1.66 bits per heavy atom. The molecule has 296 valence electrons. The summed E-state index contributed by atoms with van der Waals surface area (Å²) < 4.78 is 27.9. The van der Waals surface area contributed by atoms with Crippen LogP contribution in [0.15, 0.2) is 21.7 Å². The van der Waals surface area contributed by atoms with Crippen LogP contribution in [0.25, 0.3) is 0 Å². The molecule has 5 amide bonds. The van der Waals surface area contributed by atoms with Gasteiger partial charge in [0.2, 0.25) is 17.6 Å². The fraction of sp³-hybridized carbons (Fsp3) is 0.763. The van der Waals surface area contributed by atoms with Gasteiger partial charge < -0.3 is 26.2 Å². The number of rotatable bonds is 10. The first-order valence-electron chi connectivity index (χ1n) is 19.4. The molecular formula is C38H60N6O7S2. The quantitative estimate of drug-likeness (QED) is 0.260. The molecule has 13 nitrogen and oxygen atoms in total. The summed E-state index contributed by atoms with van der Waals surface area (Å²) in [5.74, 6) is -1.76. The molecule has 4 fully saturated rings. The lowest BCUT2D eigenvalue weighted by atomic mass is 9.86. The van der Waals surface area contributed by atoms with E-state index in [0.29, 0.717) is 44.7 Å². The van der Waals surface area contributed by atoms with E-state index in [1.807, 2.05) is 20.8 Å². The summed E-state index contributed by atoms with van der Waals surface area (Å²) in [7, 11) is -2.27. The van der Waals surface area contributed by atoms with Crippen LogP contribution in [-0.4, -0.2) is 98.0 Å². The van der Waals surface area contributed by atoms with Crippen molar-refractivity contribution in [2.24, 2.45) is 28.6 Å². The zero-order valence-electron chi connectivity index (χ0n) is 32.2. The first-order chi connectivity index (χ1) is 24.9. The van der Waals surface area contributed by atoms with E-state index in [1.54, 1.807) is 22.4 Å². The van der Waals surface area contributed by atoms with Gasteiger partial charge in [0.1, 0.15) is 16.3 Å². The first-order valence-corrected chi connectivity index (χ1v) is 21.7. The molecule has 0 spiro atoms. The fourth-order valence-corrected chi connectivity index (χ4v) is 10.4. The topological polar surface area (TPSA) is 174 Å². The van der Waals surface area contributed by atoms with Crippen molar-refractivity contribution < 1.29 is 32.4 Å². The number of likely N-dealkylation sites (N-methyl/N-ethyl adjacent to an activating group) is 1. The van der Waals surface area contributed by atoms with Gasteiger partial charge in [-0.1, -0.05) is 85.6 Å². The van der Waals surface area contributed by atoms with E-state index < -0.39 is 63.2 Å². The van der Waals surface area contributed by atoms with Crippen LogP contribution in [0.5, 0.6) is 0 Å². The van der Waals surface area contributed by atoms with E-state index in [9.17, 15) is 32.4 Å². The van der Waals surface area contributed by atoms with Gasteiger partial charge in [0.05, 0.1) is 6.04 Å². The van der Waals surface area contributed by atoms with Crippen LogP contribution >= 0.6 is 11.3 Å². The van der Waals surface area contributed by atoms with Crippen LogP contribution in [0.1, 0.15) is 105 Å². The number of hydrogen-bond acceptors (Lipinski definition) is 8. The van der Waals surface area contributed by atoms with Crippen molar-refractivity contribution in [1.29, 1.82) is 0 Å². The van der Waals surface area contributed by atoms with Crippen molar-refractivity contribution in [2.45, 2.75) is 134 Å². The third-order valence-corrected chi connectivity index (χ3v) is 15.1. The molecule has 4 N–H and O–H groups in total. The molecule has 53 heavy (non-hydrogen) atoms. The Labute approximate surface area is 319 Å². The predicted molar refractivity (Wildman–Crippen MR) is 203 cm³/mol.